The molecule has 0 atom stereocenters. The maximum absolute atomic E-state index is 12.8. The van der Waals surface area contributed by atoms with Crippen LogP contribution in [0.5, 0.6) is 5.75 Å². The van der Waals surface area contributed by atoms with Crippen molar-refractivity contribution in [2.24, 2.45) is 0 Å². The molecule has 4 rings (SSSR count). The number of ketones is 1. The highest BCUT2D eigenvalue weighted by Crippen LogP contribution is 2.26. The summed E-state index contributed by atoms with van der Waals surface area (Å²) >= 11 is 0. The van der Waals surface area contributed by atoms with Gasteiger partial charge in [0.2, 0.25) is 11.7 Å². The van der Waals surface area contributed by atoms with E-state index in [1.165, 1.54) is 0 Å². The molecule has 6 nitrogen and oxygen atoms in total. The topological polar surface area (TPSA) is 64.7 Å². The Morgan fingerprint density at radius 2 is 2.03 bits per heavy atom. The maximum Gasteiger partial charge on any atom is 0.227 e. The van der Waals surface area contributed by atoms with Gasteiger partial charge in [0.1, 0.15) is 11.5 Å². The van der Waals surface area contributed by atoms with Crippen LogP contribution < -0.4 is 9.64 Å². The molecule has 0 radical (unpaired) electrons. The zero-order valence-electron chi connectivity index (χ0n) is 16.7. The summed E-state index contributed by atoms with van der Waals surface area (Å²) in [5, 5.41) is 0. The zero-order chi connectivity index (χ0) is 20.4. The van der Waals surface area contributed by atoms with Crippen LogP contribution in [0, 0.1) is 13.8 Å². The largest absolute Gasteiger partial charge is 0.485 e. The van der Waals surface area contributed by atoms with Crippen LogP contribution in [0.2, 0.25) is 0 Å². The van der Waals surface area contributed by atoms with Crippen LogP contribution in [0.4, 0.5) is 5.69 Å². The van der Waals surface area contributed by atoms with E-state index in [-0.39, 0.29) is 18.3 Å². The molecule has 2 aromatic heterocycles. The first kappa shape index (κ1) is 19.1. The molecule has 3 aromatic rings. The number of aromatic nitrogens is 1. The second-order valence-electron chi connectivity index (χ2n) is 7.31. The predicted molar refractivity (Wildman–Crippen MR) is 110 cm³/mol. The van der Waals surface area contributed by atoms with Crippen molar-refractivity contribution in [3.63, 3.8) is 0 Å². The van der Waals surface area contributed by atoms with E-state index in [4.69, 9.17) is 9.15 Å². The van der Waals surface area contributed by atoms with Gasteiger partial charge in [0.05, 0.1) is 12.8 Å². The summed E-state index contributed by atoms with van der Waals surface area (Å²) in [7, 11) is 0. The highest BCUT2D eigenvalue weighted by atomic mass is 16.5. The van der Waals surface area contributed by atoms with E-state index in [2.05, 4.69) is 4.57 Å². The molecule has 150 valence electrons. The summed E-state index contributed by atoms with van der Waals surface area (Å²) in [5.41, 5.74) is 3.36. The van der Waals surface area contributed by atoms with Gasteiger partial charge in [0.25, 0.3) is 0 Å². The second-order valence-corrected chi connectivity index (χ2v) is 7.31. The van der Waals surface area contributed by atoms with Crippen molar-refractivity contribution < 1.29 is 18.7 Å². The van der Waals surface area contributed by atoms with E-state index in [9.17, 15) is 9.59 Å². The Hall–Kier alpha value is -3.28. The van der Waals surface area contributed by atoms with E-state index in [1.54, 1.807) is 17.2 Å². The number of anilines is 1. The van der Waals surface area contributed by atoms with Crippen LogP contribution in [0.25, 0.3) is 0 Å². The van der Waals surface area contributed by atoms with E-state index in [0.717, 1.165) is 35.8 Å². The molecule has 0 bridgehead atoms. The lowest BCUT2D eigenvalue weighted by Gasteiger charge is -2.16. The Morgan fingerprint density at radius 1 is 1.17 bits per heavy atom. The maximum atomic E-state index is 12.8. The van der Waals surface area contributed by atoms with Gasteiger partial charge in [0, 0.05) is 41.7 Å². The first-order chi connectivity index (χ1) is 14.0. The Labute approximate surface area is 169 Å². The van der Waals surface area contributed by atoms with Crippen molar-refractivity contribution >= 4 is 17.4 Å². The van der Waals surface area contributed by atoms with Gasteiger partial charge in [0.15, 0.2) is 6.61 Å². The molecule has 1 saturated heterocycles. The van der Waals surface area contributed by atoms with Gasteiger partial charge in [-0.2, -0.15) is 0 Å². The summed E-state index contributed by atoms with van der Waals surface area (Å²) in [6, 6.07) is 13.0. The van der Waals surface area contributed by atoms with Crippen LogP contribution in [-0.4, -0.2) is 29.4 Å². The number of benzene rings is 1. The number of ether oxygens (including phenoxy) is 1. The van der Waals surface area contributed by atoms with E-state index >= 15 is 0 Å². The highest BCUT2D eigenvalue weighted by molar-refractivity contribution is 5.98. The lowest BCUT2D eigenvalue weighted by Crippen LogP contribution is -2.23. The van der Waals surface area contributed by atoms with E-state index in [1.807, 2.05) is 50.2 Å². The lowest BCUT2D eigenvalue weighted by atomic mass is 10.1. The van der Waals surface area contributed by atoms with Gasteiger partial charge in [-0.05, 0) is 50.6 Å². The smallest absolute Gasteiger partial charge is 0.227 e. The number of Topliss-reactive ketones (excluding diaryl/α,β-unsaturated/α-hetero) is 1. The molecule has 1 aliphatic heterocycles. The minimum absolute atomic E-state index is 0.0531. The number of carbonyl (C=O) groups excluding carboxylic acids is 2. The molecule has 29 heavy (non-hydrogen) atoms. The van der Waals surface area contributed by atoms with Crippen molar-refractivity contribution in [2.75, 3.05) is 18.1 Å². The average molecular weight is 392 g/mol. The van der Waals surface area contributed by atoms with Crippen LogP contribution in [-0.2, 0) is 11.3 Å². The highest BCUT2D eigenvalue weighted by Gasteiger charge is 2.22. The molecule has 1 aliphatic rings. The zero-order valence-corrected chi connectivity index (χ0v) is 16.7. The normalized spacial score (nSPS) is 13.9. The van der Waals surface area contributed by atoms with Crippen molar-refractivity contribution in [1.29, 1.82) is 0 Å². The molecule has 0 saturated carbocycles. The molecule has 1 fully saturated rings. The Bertz CT molecular complexity index is 1030. The Balaban J connectivity index is 1.44. The summed E-state index contributed by atoms with van der Waals surface area (Å²) in [5.74, 6) is 1.48. The fourth-order valence-electron chi connectivity index (χ4n) is 3.77. The molecular formula is C23H24N2O4. The quantitative estimate of drug-likeness (QED) is 0.567. The molecule has 0 unspecified atom stereocenters. The monoisotopic (exact) mass is 392 g/mol. The van der Waals surface area contributed by atoms with Gasteiger partial charge in [-0.25, -0.2) is 0 Å². The van der Waals surface area contributed by atoms with Gasteiger partial charge in [-0.3, -0.25) is 9.59 Å². The number of amides is 1. The summed E-state index contributed by atoms with van der Waals surface area (Å²) in [6.07, 6.45) is 3.10. The SMILES string of the molecule is Cc1cc(C(=O)COc2cccc(N3CCCC3=O)c2)c(C)n1Cc1ccco1. The number of nitrogens with zero attached hydrogens (tertiary/aromatic N) is 2. The first-order valence-electron chi connectivity index (χ1n) is 9.78. The van der Waals surface area contributed by atoms with Gasteiger partial charge in [-0.1, -0.05) is 6.07 Å². The Kier molecular flexibility index (Phi) is 5.25. The minimum Gasteiger partial charge on any atom is -0.485 e. The molecule has 3 heterocycles. The van der Waals surface area contributed by atoms with Crippen LogP contribution in [0.3, 0.4) is 0 Å². The van der Waals surface area contributed by atoms with Crippen LogP contribution >= 0.6 is 0 Å². The number of carbonyl (C=O) groups is 2. The third-order valence-corrected chi connectivity index (χ3v) is 5.34. The molecular weight excluding hydrogens is 368 g/mol. The predicted octanol–water partition coefficient (Wildman–Crippen LogP) is 4.13. The molecule has 0 spiro atoms. The average Bonchev–Trinajstić information content (AvgIpc) is 3.44. The molecule has 6 heteroatoms. The number of hydrogen-bond acceptors (Lipinski definition) is 4. The number of rotatable bonds is 7. The standard InChI is InChI=1S/C23H24N2O4/c1-16-12-21(17(2)25(16)14-20-8-5-11-28-20)22(26)15-29-19-7-3-6-18(13-19)24-10-4-9-23(24)27/h3,5-8,11-13H,4,9-10,14-15H2,1-2H3. The molecule has 1 amide bonds. The van der Waals surface area contributed by atoms with Crippen LogP contribution in [0.1, 0.15) is 40.3 Å². The molecule has 0 aliphatic carbocycles. The summed E-state index contributed by atoms with van der Waals surface area (Å²) in [4.78, 5) is 26.5. The number of furan rings is 1. The van der Waals surface area contributed by atoms with Gasteiger partial charge in [-0.15, -0.1) is 0 Å². The Morgan fingerprint density at radius 3 is 2.76 bits per heavy atom. The van der Waals surface area contributed by atoms with E-state index in [0.29, 0.717) is 24.3 Å². The van der Waals surface area contributed by atoms with Gasteiger partial charge >= 0.3 is 0 Å². The van der Waals surface area contributed by atoms with Crippen LogP contribution in [0.15, 0.2) is 53.1 Å². The lowest BCUT2D eigenvalue weighted by molar-refractivity contribution is -0.117. The molecule has 1 aromatic carbocycles. The fourth-order valence-corrected chi connectivity index (χ4v) is 3.77. The van der Waals surface area contributed by atoms with Crippen molar-refractivity contribution in [3.8, 4) is 5.75 Å². The third kappa shape index (κ3) is 3.97. The third-order valence-electron chi connectivity index (χ3n) is 5.34. The fraction of sp³-hybridized carbons (Fsp3) is 0.304. The molecule has 0 N–H and O–H groups in total. The first-order valence-corrected chi connectivity index (χ1v) is 9.78. The van der Waals surface area contributed by atoms with Crippen molar-refractivity contribution in [3.05, 3.63) is 71.4 Å². The number of aryl methyl sites for hydroxylation is 1. The summed E-state index contributed by atoms with van der Waals surface area (Å²) < 4.78 is 13.2. The van der Waals surface area contributed by atoms with Crippen molar-refractivity contribution in [1.82, 2.24) is 4.57 Å². The second kappa shape index (κ2) is 7.99. The minimum atomic E-state index is -0.0774. The van der Waals surface area contributed by atoms with E-state index < -0.39 is 0 Å². The number of hydrogen-bond donors (Lipinski definition) is 0. The summed E-state index contributed by atoms with van der Waals surface area (Å²) in [6.45, 7) is 5.17. The van der Waals surface area contributed by atoms with Gasteiger partial charge < -0.3 is 18.6 Å². The van der Waals surface area contributed by atoms with Crippen molar-refractivity contribution in [2.45, 2.75) is 33.2 Å².